The second kappa shape index (κ2) is 9.05. The van der Waals surface area contributed by atoms with Gasteiger partial charge in [0.2, 0.25) is 0 Å². The number of amides is 2. The number of allylic oxidation sites excluding steroid dienone is 1. The molecule has 0 saturated carbocycles. The molecule has 2 N–H and O–H groups in total. The van der Waals surface area contributed by atoms with Gasteiger partial charge in [0.25, 0.3) is 11.8 Å². The number of benzene rings is 1. The first-order chi connectivity index (χ1) is 15.3. The van der Waals surface area contributed by atoms with Gasteiger partial charge in [-0.15, -0.1) is 11.8 Å². The number of halogens is 2. The number of nitrogens with one attached hydrogen (secondary N) is 1. The molecule has 1 saturated heterocycles. The molecule has 32 heavy (non-hydrogen) atoms. The minimum Gasteiger partial charge on any atom is -0.484 e. The van der Waals surface area contributed by atoms with Crippen molar-refractivity contribution in [2.75, 3.05) is 5.75 Å². The van der Waals surface area contributed by atoms with Crippen LogP contribution < -0.4 is 10.1 Å². The molecule has 2 aromatic rings. The fourth-order valence-corrected chi connectivity index (χ4v) is 5.40. The Morgan fingerprint density at radius 1 is 1.41 bits per heavy atom. The molecule has 1 aromatic heterocycles. The quantitative estimate of drug-likeness (QED) is 0.515. The molecule has 2 atom stereocenters. The van der Waals surface area contributed by atoms with Crippen molar-refractivity contribution in [3.05, 3.63) is 75.3 Å². The molecular formula is C21H16BrClN2O6S. The Balaban J connectivity index is 1.39. The third-order valence-electron chi connectivity index (χ3n) is 4.88. The lowest BCUT2D eigenvalue weighted by Gasteiger charge is -2.49. The molecule has 0 radical (unpaired) electrons. The van der Waals surface area contributed by atoms with E-state index in [4.69, 9.17) is 20.8 Å². The molecule has 0 bridgehead atoms. The minimum absolute atomic E-state index is 0.0124. The molecule has 0 spiro atoms. The van der Waals surface area contributed by atoms with Gasteiger partial charge in [-0.2, -0.15) is 0 Å². The van der Waals surface area contributed by atoms with Gasteiger partial charge in [-0.3, -0.25) is 14.5 Å². The highest BCUT2D eigenvalue weighted by Crippen LogP contribution is 2.40. The number of carbonyl (C=O) groups excluding carboxylic acids is 2. The smallest absolute Gasteiger partial charge is 0.352 e. The highest BCUT2D eigenvalue weighted by atomic mass is 79.9. The highest BCUT2D eigenvalue weighted by molar-refractivity contribution is 9.10. The van der Waals surface area contributed by atoms with Crippen LogP contribution in [0.2, 0.25) is 5.02 Å². The number of hydrogen-bond acceptors (Lipinski definition) is 6. The van der Waals surface area contributed by atoms with E-state index in [1.54, 1.807) is 24.3 Å². The molecule has 2 aliphatic heterocycles. The molecule has 11 heteroatoms. The summed E-state index contributed by atoms with van der Waals surface area (Å²) in [4.78, 5) is 37.9. The molecule has 166 valence electrons. The Labute approximate surface area is 200 Å². The molecule has 2 aliphatic rings. The van der Waals surface area contributed by atoms with E-state index in [2.05, 4.69) is 27.8 Å². The largest absolute Gasteiger partial charge is 0.484 e. The predicted molar refractivity (Wildman–Crippen MR) is 121 cm³/mol. The fourth-order valence-electron chi connectivity index (χ4n) is 3.33. The molecule has 1 aromatic carbocycles. The number of carboxylic acid groups (broad SMARTS) is 1. The number of carbonyl (C=O) groups is 3. The number of rotatable bonds is 7. The second-order valence-electron chi connectivity index (χ2n) is 6.87. The Morgan fingerprint density at radius 2 is 2.19 bits per heavy atom. The Kier molecular flexibility index (Phi) is 6.36. The van der Waals surface area contributed by atoms with E-state index < -0.39 is 29.2 Å². The monoisotopic (exact) mass is 538 g/mol. The van der Waals surface area contributed by atoms with Crippen molar-refractivity contribution < 1.29 is 28.6 Å². The SMILES string of the molecule is C=CC1=C(C(=O)O)N2C(=O)[C@@H](NC(=O)c3ccc(COc4ccc(Br)cc4Cl)o3)[C@H]2SC1. The number of β-lactam (4-membered cyclic amide) rings is 1. The highest BCUT2D eigenvalue weighted by Gasteiger charge is 2.54. The molecule has 4 rings (SSSR count). The first-order valence-corrected chi connectivity index (χ1v) is 11.5. The second-order valence-corrected chi connectivity index (χ2v) is 9.30. The Hall–Kier alpha value is -2.69. The molecule has 2 amide bonds. The first-order valence-electron chi connectivity index (χ1n) is 9.31. The number of ether oxygens (including phenoxy) is 1. The van der Waals surface area contributed by atoms with Gasteiger partial charge < -0.3 is 19.6 Å². The standard InChI is InChI=1S/C21H16BrClN2O6S/c1-2-10-9-32-20-16(19(27)25(20)17(10)21(28)29)24-18(26)15-6-4-12(31-15)8-30-14-5-3-11(22)7-13(14)23/h2-7,16,20H,1,8-9H2,(H,24,26)(H,28,29)/t16-,20-/m1/s1. The maximum absolute atomic E-state index is 12.6. The van der Waals surface area contributed by atoms with Crippen LogP contribution in [0.5, 0.6) is 5.75 Å². The average Bonchev–Trinajstić information content (AvgIpc) is 3.24. The molecular weight excluding hydrogens is 524 g/mol. The van der Waals surface area contributed by atoms with E-state index in [0.29, 0.717) is 27.9 Å². The van der Waals surface area contributed by atoms with Crippen molar-refractivity contribution in [2.45, 2.75) is 18.0 Å². The minimum atomic E-state index is -1.20. The van der Waals surface area contributed by atoms with Crippen LogP contribution in [0.4, 0.5) is 0 Å². The van der Waals surface area contributed by atoms with Crippen molar-refractivity contribution in [1.29, 1.82) is 0 Å². The maximum atomic E-state index is 12.6. The Bertz CT molecular complexity index is 1160. The van der Waals surface area contributed by atoms with Gasteiger partial charge in [0.1, 0.15) is 35.2 Å². The molecule has 3 heterocycles. The number of carboxylic acids is 1. The van der Waals surface area contributed by atoms with E-state index in [9.17, 15) is 19.5 Å². The van der Waals surface area contributed by atoms with E-state index in [-0.39, 0.29) is 18.1 Å². The fraction of sp³-hybridized carbons (Fsp3) is 0.190. The third-order valence-corrected chi connectivity index (χ3v) is 6.97. The first kappa shape index (κ1) is 22.5. The van der Waals surface area contributed by atoms with Gasteiger partial charge in [-0.05, 0) is 35.9 Å². The summed E-state index contributed by atoms with van der Waals surface area (Å²) in [6, 6.07) is 7.41. The van der Waals surface area contributed by atoms with E-state index in [1.807, 2.05) is 0 Å². The molecule has 1 fully saturated rings. The van der Waals surface area contributed by atoms with Crippen LogP contribution in [0.25, 0.3) is 0 Å². The summed E-state index contributed by atoms with van der Waals surface area (Å²) in [5, 5.41) is 12.0. The summed E-state index contributed by atoms with van der Waals surface area (Å²) >= 11 is 10.8. The number of hydrogen-bond donors (Lipinski definition) is 2. The van der Waals surface area contributed by atoms with Gasteiger partial charge in [0, 0.05) is 10.2 Å². The third kappa shape index (κ3) is 4.17. The van der Waals surface area contributed by atoms with E-state index in [0.717, 1.165) is 4.47 Å². The summed E-state index contributed by atoms with van der Waals surface area (Å²) in [7, 11) is 0. The van der Waals surface area contributed by atoms with Crippen LogP contribution >= 0.6 is 39.3 Å². The molecule has 0 unspecified atom stereocenters. The number of thioether (sulfide) groups is 1. The van der Waals surface area contributed by atoms with Crippen molar-refractivity contribution in [3.63, 3.8) is 0 Å². The van der Waals surface area contributed by atoms with Gasteiger partial charge in [-0.1, -0.05) is 40.2 Å². The van der Waals surface area contributed by atoms with E-state index >= 15 is 0 Å². The van der Waals surface area contributed by atoms with Crippen LogP contribution in [0.3, 0.4) is 0 Å². The normalized spacial score (nSPS) is 19.8. The van der Waals surface area contributed by atoms with Crippen molar-refractivity contribution in [3.8, 4) is 5.75 Å². The summed E-state index contributed by atoms with van der Waals surface area (Å²) in [5.41, 5.74) is 0.377. The average molecular weight is 540 g/mol. The lowest BCUT2D eigenvalue weighted by Crippen LogP contribution is -2.70. The van der Waals surface area contributed by atoms with Crippen molar-refractivity contribution >= 4 is 57.1 Å². The lowest BCUT2D eigenvalue weighted by molar-refractivity contribution is -0.148. The summed E-state index contributed by atoms with van der Waals surface area (Å²) in [6.07, 6.45) is 1.43. The summed E-state index contributed by atoms with van der Waals surface area (Å²) < 4.78 is 12.0. The van der Waals surface area contributed by atoms with Gasteiger partial charge in [-0.25, -0.2) is 4.79 Å². The maximum Gasteiger partial charge on any atom is 0.352 e. The van der Waals surface area contributed by atoms with E-state index in [1.165, 1.54) is 28.8 Å². The van der Waals surface area contributed by atoms with Crippen molar-refractivity contribution in [1.82, 2.24) is 10.2 Å². The van der Waals surface area contributed by atoms with Crippen LogP contribution in [-0.4, -0.2) is 45.0 Å². The predicted octanol–water partition coefficient (Wildman–Crippen LogP) is 3.81. The van der Waals surface area contributed by atoms with Gasteiger partial charge >= 0.3 is 5.97 Å². The van der Waals surface area contributed by atoms with Crippen LogP contribution in [-0.2, 0) is 16.2 Å². The molecule has 0 aliphatic carbocycles. The number of furan rings is 1. The zero-order valence-electron chi connectivity index (χ0n) is 16.3. The summed E-state index contributed by atoms with van der Waals surface area (Å²) in [6.45, 7) is 3.66. The molecule has 8 nitrogen and oxygen atoms in total. The number of aliphatic carboxylic acids is 1. The van der Waals surface area contributed by atoms with Crippen LogP contribution in [0, 0.1) is 0 Å². The van der Waals surface area contributed by atoms with Gasteiger partial charge in [0.15, 0.2) is 5.76 Å². The van der Waals surface area contributed by atoms with Crippen molar-refractivity contribution in [2.24, 2.45) is 0 Å². The topological polar surface area (TPSA) is 109 Å². The van der Waals surface area contributed by atoms with Crippen LogP contribution in [0.15, 0.2) is 63.1 Å². The van der Waals surface area contributed by atoms with Gasteiger partial charge in [0.05, 0.1) is 5.02 Å². The zero-order valence-corrected chi connectivity index (χ0v) is 19.5. The number of fused-ring (bicyclic) bond motifs is 1. The zero-order chi connectivity index (χ0) is 23.0. The van der Waals surface area contributed by atoms with Crippen LogP contribution in [0.1, 0.15) is 16.3 Å². The summed E-state index contributed by atoms with van der Waals surface area (Å²) in [5.74, 6) is -1.02. The number of nitrogens with zero attached hydrogens (tertiary/aromatic N) is 1. The Morgan fingerprint density at radius 3 is 2.88 bits per heavy atom. The lowest BCUT2D eigenvalue weighted by atomic mass is 10.0.